The molecule has 0 spiro atoms. The van der Waals surface area contributed by atoms with Gasteiger partial charge in [0.2, 0.25) is 0 Å². The summed E-state index contributed by atoms with van der Waals surface area (Å²) in [5, 5.41) is 11.5. The average Bonchev–Trinajstić information content (AvgIpc) is 2.08. The van der Waals surface area contributed by atoms with Crippen molar-refractivity contribution in [3.63, 3.8) is 0 Å². The Balaban J connectivity index is 2.31. The molecule has 98 valence electrons. The zero-order valence-electron chi connectivity index (χ0n) is 11.0. The van der Waals surface area contributed by atoms with Crippen molar-refractivity contribution in [1.82, 2.24) is 10.2 Å². The van der Waals surface area contributed by atoms with Crippen LogP contribution in [0.2, 0.25) is 0 Å². The lowest BCUT2D eigenvalue weighted by Crippen LogP contribution is -2.57. The number of nitrogens with one attached hydrogen (secondary N) is 1. The fourth-order valence-electron chi connectivity index (χ4n) is 1.60. The Kier molecular flexibility index (Phi) is 4.01. The maximum atomic E-state index is 11.8. The van der Waals surface area contributed by atoms with E-state index in [1.54, 1.807) is 4.90 Å². The van der Waals surface area contributed by atoms with E-state index in [9.17, 15) is 9.59 Å². The minimum Gasteiger partial charge on any atom is -0.481 e. The molecule has 0 aromatic heterocycles. The zero-order chi connectivity index (χ0) is 13.2. The van der Waals surface area contributed by atoms with E-state index < -0.39 is 5.97 Å². The first-order valence-corrected chi connectivity index (χ1v) is 5.97. The molecule has 2 N–H and O–H groups in total. The average molecular weight is 242 g/mol. The van der Waals surface area contributed by atoms with Crippen LogP contribution in [0, 0.1) is 11.3 Å². The van der Waals surface area contributed by atoms with E-state index in [2.05, 4.69) is 26.1 Å². The topological polar surface area (TPSA) is 69.6 Å². The van der Waals surface area contributed by atoms with Gasteiger partial charge in [0.25, 0.3) is 0 Å². The first kappa shape index (κ1) is 13.8. The molecular weight excluding hydrogens is 220 g/mol. The Morgan fingerprint density at radius 2 is 1.94 bits per heavy atom. The van der Waals surface area contributed by atoms with Crippen LogP contribution in [0.5, 0.6) is 0 Å². The summed E-state index contributed by atoms with van der Waals surface area (Å²) in [4.78, 5) is 23.9. The molecule has 1 heterocycles. The van der Waals surface area contributed by atoms with Crippen LogP contribution in [0.15, 0.2) is 0 Å². The number of rotatable bonds is 3. The van der Waals surface area contributed by atoms with Crippen LogP contribution in [0.4, 0.5) is 4.79 Å². The number of carboxylic acids is 1. The molecule has 1 saturated heterocycles. The third-order valence-electron chi connectivity index (χ3n) is 3.35. The van der Waals surface area contributed by atoms with Gasteiger partial charge in [0, 0.05) is 25.0 Å². The van der Waals surface area contributed by atoms with Crippen molar-refractivity contribution >= 4 is 12.0 Å². The first-order chi connectivity index (χ1) is 7.70. The number of hydrogen-bond acceptors (Lipinski definition) is 2. The summed E-state index contributed by atoms with van der Waals surface area (Å²) in [6.07, 6.45) is 0.151. The highest BCUT2D eigenvalue weighted by Crippen LogP contribution is 2.21. The maximum Gasteiger partial charge on any atom is 0.317 e. The quantitative estimate of drug-likeness (QED) is 0.788. The summed E-state index contributed by atoms with van der Waals surface area (Å²) in [6.45, 7) is 9.29. The summed E-state index contributed by atoms with van der Waals surface area (Å²) in [6, 6.07) is 0.00240. The zero-order valence-corrected chi connectivity index (χ0v) is 11.0. The van der Waals surface area contributed by atoms with Gasteiger partial charge in [-0.25, -0.2) is 4.79 Å². The maximum absolute atomic E-state index is 11.8. The van der Waals surface area contributed by atoms with Crippen LogP contribution in [0.25, 0.3) is 0 Å². The van der Waals surface area contributed by atoms with Crippen molar-refractivity contribution in [1.29, 1.82) is 0 Å². The lowest BCUT2D eigenvalue weighted by Gasteiger charge is -2.40. The largest absolute Gasteiger partial charge is 0.481 e. The molecule has 0 aromatic carbocycles. The molecule has 0 bridgehead atoms. The summed E-state index contributed by atoms with van der Waals surface area (Å²) < 4.78 is 0. The Morgan fingerprint density at radius 3 is 2.35 bits per heavy atom. The number of urea groups is 1. The van der Waals surface area contributed by atoms with Crippen LogP contribution < -0.4 is 5.32 Å². The molecule has 1 unspecified atom stereocenters. The van der Waals surface area contributed by atoms with E-state index in [1.165, 1.54) is 0 Å². The van der Waals surface area contributed by atoms with Gasteiger partial charge >= 0.3 is 12.0 Å². The van der Waals surface area contributed by atoms with Crippen molar-refractivity contribution in [2.24, 2.45) is 11.3 Å². The number of hydrogen-bond donors (Lipinski definition) is 2. The molecule has 0 aliphatic carbocycles. The molecule has 1 aliphatic heterocycles. The van der Waals surface area contributed by atoms with Crippen LogP contribution in [0.1, 0.15) is 34.1 Å². The minimum atomic E-state index is -0.793. The Bertz CT molecular complexity index is 303. The number of carboxylic acid groups (broad SMARTS) is 1. The second-order valence-corrected chi connectivity index (χ2v) is 5.91. The summed E-state index contributed by atoms with van der Waals surface area (Å²) in [5.74, 6) is -0.679. The monoisotopic (exact) mass is 242 g/mol. The van der Waals surface area contributed by atoms with E-state index in [-0.39, 0.29) is 29.8 Å². The highest BCUT2D eigenvalue weighted by molar-refractivity contribution is 5.76. The molecule has 5 nitrogen and oxygen atoms in total. The molecule has 5 heteroatoms. The predicted molar refractivity (Wildman–Crippen MR) is 64.8 cm³/mol. The van der Waals surface area contributed by atoms with Crippen LogP contribution in [-0.2, 0) is 4.79 Å². The molecule has 0 radical (unpaired) electrons. The molecule has 17 heavy (non-hydrogen) atoms. The van der Waals surface area contributed by atoms with E-state index >= 15 is 0 Å². The number of carbonyl (C=O) groups excluding carboxylic acids is 1. The van der Waals surface area contributed by atoms with Crippen molar-refractivity contribution in [2.45, 2.75) is 40.2 Å². The predicted octanol–water partition coefficient (Wildman–Crippen LogP) is 1.54. The van der Waals surface area contributed by atoms with Gasteiger partial charge in [-0.15, -0.1) is 0 Å². The summed E-state index contributed by atoms with van der Waals surface area (Å²) in [5.41, 5.74) is 0.0288. The lowest BCUT2D eigenvalue weighted by molar-refractivity contribution is -0.139. The van der Waals surface area contributed by atoms with Crippen molar-refractivity contribution in [2.75, 3.05) is 13.1 Å². The van der Waals surface area contributed by atoms with E-state index in [0.29, 0.717) is 13.1 Å². The van der Waals surface area contributed by atoms with Gasteiger partial charge in [0.15, 0.2) is 0 Å². The van der Waals surface area contributed by atoms with Gasteiger partial charge in [-0.2, -0.15) is 0 Å². The molecule has 0 aromatic rings. The highest BCUT2D eigenvalue weighted by Gasteiger charge is 2.33. The first-order valence-electron chi connectivity index (χ1n) is 5.97. The van der Waals surface area contributed by atoms with Crippen molar-refractivity contribution in [3.05, 3.63) is 0 Å². The van der Waals surface area contributed by atoms with Gasteiger partial charge in [-0.1, -0.05) is 20.8 Å². The Labute approximate surface area is 102 Å². The molecule has 1 fully saturated rings. The number of nitrogens with zero attached hydrogens (tertiary/aromatic N) is 1. The van der Waals surface area contributed by atoms with Crippen LogP contribution in [-0.4, -0.2) is 41.1 Å². The molecule has 1 aliphatic rings. The molecular formula is C12H22N2O3. The second kappa shape index (κ2) is 4.94. The van der Waals surface area contributed by atoms with Crippen molar-refractivity contribution < 1.29 is 14.7 Å². The van der Waals surface area contributed by atoms with E-state index in [1.807, 2.05) is 6.92 Å². The Morgan fingerprint density at radius 1 is 1.41 bits per heavy atom. The molecule has 0 saturated carbocycles. The highest BCUT2D eigenvalue weighted by atomic mass is 16.4. The third kappa shape index (κ3) is 3.91. The number of likely N-dealkylation sites (tertiary alicyclic amines) is 1. The molecule has 2 amide bonds. The van der Waals surface area contributed by atoms with Crippen LogP contribution in [0.3, 0.4) is 0 Å². The second-order valence-electron chi connectivity index (χ2n) is 5.91. The van der Waals surface area contributed by atoms with Gasteiger partial charge in [0.05, 0.1) is 6.42 Å². The van der Waals surface area contributed by atoms with E-state index in [4.69, 9.17) is 5.11 Å². The lowest BCUT2D eigenvalue weighted by atomic mass is 9.88. The number of carbonyl (C=O) groups is 2. The number of aliphatic carboxylic acids is 1. The summed E-state index contributed by atoms with van der Waals surface area (Å²) >= 11 is 0. The summed E-state index contributed by atoms with van der Waals surface area (Å²) in [7, 11) is 0. The normalized spacial score (nSPS) is 18.5. The van der Waals surface area contributed by atoms with Crippen LogP contribution >= 0.6 is 0 Å². The van der Waals surface area contributed by atoms with Gasteiger partial charge in [-0.3, -0.25) is 4.79 Å². The fourth-order valence-corrected chi connectivity index (χ4v) is 1.60. The number of amides is 2. The van der Waals surface area contributed by atoms with E-state index in [0.717, 1.165) is 0 Å². The SMILES string of the molecule is CC(NC(=O)N1CC(CC(=O)O)C1)C(C)(C)C. The third-order valence-corrected chi connectivity index (χ3v) is 3.35. The van der Waals surface area contributed by atoms with Gasteiger partial charge in [0.1, 0.15) is 0 Å². The molecule has 1 atom stereocenters. The Hall–Kier alpha value is -1.26. The molecule has 1 rings (SSSR count). The van der Waals surface area contributed by atoms with Gasteiger partial charge < -0.3 is 15.3 Å². The van der Waals surface area contributed by atoms with Gasteiger partial charge in [-0.05, 0) is 12.3 Å². The fraction of sp³-hybridized carbons (Fsp3) is 0.833. The smallest absolute Gasteiger partial charge is 0.317 e. The standard InChI is InChI=1S/C12H22N2O3/c1-8(12(2,3)4)13-11(17)14-6-9(7-14)5-10(15)16/h8-9H,5-7H2,1-4H3,(H,13,17)(H,15,16). The van der Waals surface area contributed by atoms with Crippen molar-refractivity contribution in [3.8, 4) is 0 Å². The minimum absolute atomic E-state index is 0.0288.